The third kappa shape index (κ3) is 2.68. The molecule has 32 heavy (non-hydrogen) atoms. The predicted molar refractivity (Wildman–Crippen MR) is 119 cm³/mol. The number of rotatable bonds is 4. The standard InChI is InChI=1S/C23H17N3O5S/c24-15(27)11-26-14-9-5-4-8-13(14)23(22(26)31)10-16(28)25-18-17(12-6-2-1-3-7-12)19(21(29)30)32-20(18)23/h1-9H,10-11H2,(H2,24,27)(H,25,28)(H,29,30)/t23-/m0/s1. The number of aromatic carboxylic acids is 1. The van der Waals surface area contributed by atoms with Crippen LogP contribution in [-0.2, 0) is 19.8 Å². The number of thiophene rings is 1. The van der Waals surface area contributed by atoms with Crippen LogP contribution in [0.5, 0.6) is 0 Å². The molecule has 1 aromatic heterocycles. The maximum Gasteiger partial charge on any atom is 0.346 e. The number of carbonyl (C=O) groups is 4. The number of hydrogen-bond acceptors (Lipinski definition) is 5. The average molecular weight is 447 g/mol. The minimum atomic E-state index is -1.42. The van der Waals surface area contributed by atoms with Crippen molar-refractivity contribution in [1.82, 2.24) is 0 Å². The molecule has 0 fully saturated rings. The lowest BCUT2D eigenvalue weighted by Gasteiger charge is -2.32. The summed E-state index contributed by atoms with van der Waals surface area (Å²) in [5, 5.41) is 12.8. The van der Waals surface area contributed by atoms with E-state index < -0.39 is 29.1 Å². The fourth-order valence-electron chi connectivity index (χ4n) is 4.61. The number of anilines is 2. The van der Waals surface area contributed by atoms with Gasteiger partial charge in [-0.05, 0) is 17.2 Å². The topological polar surface area (TPSA) is 130 Å². The molecule has 1 spiro atoms. The van der Waals surface area contributed by atoms with Crippen molar-refractivity contribution in [3.63, 3.8) is 0 Å². The van der Waals surface area contributed by atoms with E-state index in [1.165, 1.54) is 4.90 Å². The fraction of sp³-hybridized carbons (Fsp3) is 0.130. The van der Waals surface area contributed by atoms with Gasteiger partial charge in [0, 0.05) is 11.3 Å². The summed E-state index contributed by atoms with van der Waals surface area (Å²) in [6.45, 7) is -0.336. The second-order valence-corrected chi connectivity index (χ2v) is 8.71. The molecule has 2 aliphatic heterocycles. The summed E-state index contributed by atoms with van der Waals surface area (Å²) in [7, 11) is 0. The Bertz CT molecular complexity index is 1320. The number of nitrogens with zero attached hydrogens (tertiary/aromatic N) is 1. The minimum Gasteiger partial charge on any atom is -0.477 e. The van der Waals surface area contributed by atoms with E-state index in [2.05, 4.69) is 5.32 Å². The van der Waals surface area contributed by atoms with Crippen LogP contribution in [0.2, 0.25) is 0 Å². The average Bonchev–Trinajstić information content (AvgIpc) is 3.25. The van der Waals surface area contributed by atoms with Gasteiger partial charge in [-0.2, -0.15) is 0 Å². The normalized spacial score (nSPS) is 18.9. The smallest absolute Gasteiger partial charge is 0.346 e. The van der Waals surface area contributed by atoms with Gasteiger partial charge in [-0.15, -0.1) is 11.3 Å². The van der Waals surface area contributed by atoms with Crippen LogP contribution >= 0.6 is 11.3 Å². The molecule has 1 atom stereocenters. The van der Waals surface area contributed by atoms with Crippen LogP contribution in [0.4, 0.5) is 11.4 Å². The molecular formula is C23H17N3O5S. The Morgan fingerprint density at radius 2 is 1.78 bits per heavy atom. The number of benzene rings is 2. The van der Waals surface area contributed by atoms with Crippen molar-refractivity contribution in [2.75, 3.05) is 16.8 Å². The SMILES string of the molecule is NC(=O)CN1C(=O)[C@@]2(CC(=O)Nc3c2sc(C(=O)O)c3-c2ccccc2)c2ccccc21. The highest BCUT2D eigenvalue weighted by molar-refractivity contribution is 7.15. The predicted octanol–water partition coefficient (Wildman–Crippen LogP) is 2.57. The zero-order chi connectivity index (χ0) is 22.6. The van der Waals surface area contributed by atoms with Gasteiger partial charge >= 0.3 is 5.97 Å². The van der Waals surface area contributed by atoms with Gasteiger partial charge in [0.25, 0.3) is 0 Å². The number of fused-ring (bicyclic) bond motifs is 4. The van der Waals surface area contributed by atoms with Gasteiger partial charge in [0.2, 0.25) is 17.7 Å². The molecule has 0 bridgehead atoms. The van der Waals surface area contributed by atoms with Crippen LogP contribution in [0.3, 0.4) is 0 Å². The fourth-order valence-corrected chi connectivity index (χ4v) is 5.93. The molecule has 4 N–H and O–H groups in total. The summed E-state index contributed by atoms with van der Waals surface area (Å²) in [4.78, 5) is 52.4. The van der Waals surface area contributed by atoms with E-state index >= 15 is 0 Å². The minimum absolute atomic E-state index is 0.0291. The molecule has 5 rings (SSSR count). The van der Waals surface area contributed by atoms with E-state index in [1.54, 1.807) is 54.6 Å². The van der Waals surface area contributed by atoms with E-state index in [0.717, 1.165) is 11.3 Å². The number of para-hydroxylation sites is 1. The van der Waals surface area contributed by atoms with Crippen molar-refractivity contribution < 1.29 is 24.3 Å². The Morgan fingerprint density at radius 3 is 2.47 bits per heavy atom. The van der Waals surface area contributed by atoms with E-state index in [9.17, 15) is 24.3 Å². The van der Waals surface area contributed by atoms with Gasteiger partial charge in [-0.25, -0.2) is 4.79 Å². The zero-order valence-electron chi connectivity index (χ0n) is 16.6. The van der Waals surface area contributed by atoms with E-state index in [4.69, 9.17) is 5.73 Å². The Balaban J connectivity index is 1.83. The van der Waals surface area contributed by atoms with E-state index in [1.807, 2.05) is 0 Å². The second-order valence-electron chi connectivity index (χ2n) is 7.69. The van der Waals surface area contributed by atoms with E-state index in [-0.39, 0.29) is 17.8 Å². The Hall–Kier alpha value is -3.98. The molecule has 0 saturated carbocycles. The summed E-state index contributed by atoms with van der Waals surface area (Å²) < 4.78 is 0. The first-order chi connectivity index (χ1) is 15.3. The van der Waals surface area contributed by atoms with Crippen molar-refractivity contribution in [3.05, 3.63) is 69.9 Å². The molecule has 9 heteroatoms. The zero-order valence-corrected chi connectivity index (χ0v) is 17.4. The van der Waals surface area contributed by atoms with Gasteiger partial charge in [0.15, 0.2) is 0 Å². The lowest BCUT2D eigenvalue weighted by molar-refractivity contribution is -0.127. The molecule has 160 valence electrons. The number of carboxylic acids is 1. The Morgan fingerprint density at radius 1 is 1.09 bits per heavy atom. The summed E-state index contributed by atoms with van der Waals surface area (Å²) in [5.74, 6) is -2.71. The van der Waals surface area contributed by atoms with Gasteiger partial charge in [-0.3, -0.25) is 14.4 Å². The molecule has 3 aromatic rings. The van der Waals surface area contributed by atoms with Crippen molar-refractivity contribution in [3.8, 4) is 11.1 Å². The van der Waals surface area contributed by atoms with Crippen LogP contribution in [0.25, 0.3) is 11.1 Å². The third-order valence-corrected chi connectivity index (χ3v) is 7.16. The molecule has 3 amide bonds. The van der Waals surface area contributed by atoms with Crippen LogP contribution in [0.1, 0.15) is 26.5 Å². The Labute approximate surface area is 186 Å². The first-order valence-corrected chi connectivity index (χ1v) is 10.6. The Kier molecular flexibility index (Phi) is 4.38. The van der Waals surface area contributed by atoms with Gasteiger partial charge in [0.05, 0.1) is 17.0 Å². The van der Waals surface area contributed by atoms with Crippen LogP contribution in [0.15, 0.2) is 54.6 Å². The molecule has 0 unspecified atom stereocenters. The molecule has 0 aliphatic carbocycles. The van der Waals surface area contributed by atoms with E-state index in [0.29, 0.717) is 32.9 Å². The molecule has 2 aromatic carbocycles. The lowest BCUT2D eigenvalue weighted by Crippen LogP contribution is -2.47. The highest BCUT2D eigenvalue weighted by Gasteiger charge is 2.58. The maximum absolute atomic E-state index is 13.8. The number of carbonyl (C=O) groups excluding carboxylic acids is 3. The molecular weight excluding hydrogens is 430 g/mol. The largest absolute Gasteiger partial charge is 0.477 e. The summed E-state index contributed by atoms with van der Waals surface area (Å²) in [6, 6.07) is 15.8. The van der Waals surface area contributed by atoms with Crippen molar-refractivity contribution >= 4 is 46.4 Å². The monoisotopic (exact) mass is 447 g/mol. The highest BCUT2D eigenvalue weighted by Crippen LogP contribution is 2.57. The van der Waals surface area contributed by atoms with Crippen LogP contribution in [-0.4, -0.2) is 35.3 Å². The van der Waals surface area contributed by atoms with Crippen molar-refractivity contribution in [2.24, 2.45) is 5.73 Å². The molecule has 2 aliphatic rings. The van der Waals surface area contributed by atoms with Crippen LogP contribution < -0.4 is 16.0 Å². The number of nitrogens with one attached hydrogen (secondary N) is 1. The second kappa shape index (κ2) is 7.03. The number of primary amides is 1. The highest BCUT2D eigenvalue weighted by atomic mass is 32.1. The quantitative estimate of drug-likeness (QED) is 0.566. The summed E-state index contributed by atoms with van der Waals surface area (Å²) >= 11 is 0.973. The third-order valence-electron chi connectivity index (χ3n) is 5.82. The molecule has 8 nitrogen and oxygen atoms in total. The molecule has 0 radical (unpaired) electrons. The maximum atomic E-state index is 13.8. The number of amides is 3. The summed E-state index contributed by atoms with van der Waals surface area (Å²) in [6.07, 6.45) is -0.196. The summed E-state index contributed by atoms with van der Waals surface area (Å²) in [5.41, 5.74) is 6.31. The first kappa shape index (κ1) is 20.0. The number of hydrogen-bond donors (Lipinski definition) is 3. The van der Waals surface area contributed by atoms with Crippen molar-refractivity contribution in [2.45, 2.75) is 11.8 Å². The molecule has 0 saturated heterocycles. The van der Waals surface area contributed by atoms with Gasteiger partial charge in [0.1, 0.15) is 16.8 Å². The van der Waals surface area contributed by atoms with Crippen molar-refractivity contribution in [1.29, 1.82) is 0 Å². The van der Waals surface area contributed by atoms with Crippen LogP contribution in [0, 0.1) is 0 Å². The lowest BCUT2D eigenvalue weighted by atomic mass is 9.74. The molecule has 3 heterocycles. The van der Waals surface area contributed by atoms with Gasteiger partial charge < -0.3 is 21.1 Å². The number of nitrogens with two attached hydrogens (primary N) is 1. The first-order valence-electron chi connectivity index (χ1n) is 9.80. The van der Waals surface area contributed by atoms with Gasteiger partial charge in [-0.1, -0.05) is 48.5 Å². The number of carboxylic acid groups (broad SMARTS) is 1.